The SMILES string of the molecule is CCCCN(C(=O)C(CC(C)C)NC(=O)OC(C)(C)C)C(C(=O)NC(Cc1ccccc1)C(=O)OC(C)(C)C)c1ccc(C)cc1C. The number of esters is 1. The number of aryl methyl sites for hydroxylation is 2. The van der Waals surface area contributed by atoms with Gasteiger partial charge in [0.25, 0.3) is 0 Å². The Hall–Kier alpha value is -3.88. The Balaban J connectivity index is 2.65. The van der Waals surface area contributed by atoms with Gasteiger partial charge in [0.2, 0.25) is 11.8 Å². The fourth-order valence-electron chi connectivity index (χ4n) is 5.29. The van der Waals surface area contributed by atoms with Crippen LogP contribution >= 0.6 is 0 Å². The highest BCUT2D eigenvalue weighted by atomic mass is 16.6. The average molecular weight is 652 g/mol. The summed E-state index contributed by atoms with van der Waals surface area (Å²) in [5.41, 5.74) is 1.80. The normalized spacial score (nSPS) is 13.7. The lowest BCUT2D eigenvalue weighted by Gasteiger charge is -2.36. The van der Waals surface area contributed by atoms with E-state index in [-0.39, 0.29) is 18.9 Å². The molecule has 2 aromatic carbocycles. The van der Waals surface area contributed by atoms with E-state index in [1.165, 1.54) is 0 Å². The molecular formula is C38H57N3O6. The zero-order chi connectivity index (χ0) is 35.5. The smallest absolute Gasteiger partial charge is 0.408 e. The largest absolute Gasteiger partial charge is 0.458 e. The van der Waals surface area contributed by atoms with Crippen LogP contribution in [0.25, 0.3) is 0 Å². The zero-order valence-electron chi connectivity index (χ0n) is 30.4. The van der Waals surface area contributed by atoms with Crippen LogP contribution in [0.3, 0.4) is 0 Å². The van der Waals surface area contributed by atoms with Crippen molar-refractivity contribution < 1.29 is 28.7 Å². The van der Waals surface area contributed by atoms with Gasteiger partial charge in [0.15, 0.2) is 0 Å². The minimum atomic E-state index is -1.08. The molecule has 9 heteroatoms. The fourth-order valence-corrected chi connectivity index (χ4v) is 5.29. The van der Waals surface area contributed by atoms with Crippen molar-refractivity contribution in [1.29, 1.82) is 0 Å². The van der Waals surface area contributed by atoms with Gasteiger partial charge in [-0.15, -0.1) is 0 Å². The van der Waals surface area contributed by atoms with E-state index in [9.17, 15) is 19.2 Å². The van der Waals surface area contributed by atoms with Crippen LogP contribution in [0.1, 0.15) is 110 Å². The van der Waals surface area contributed by atoms with Crippen molar-refractivity contribution in [1.82, 2.24) is 15.5 Å². The summed E-state index contributed by atoms with van der Waals surface area (Å²) < 4.78 is 11.3. The van der Waals surface area contributed by atoms with Gasteiger partial charge in [-0.25, -0.2) is 9.59 Å². The monoisotopic (exact) mass is 651 g/mol. The van der Waals surface area contributed by atoms with Gasteiger partial charge in [-0.05, 0) is 90.8 Å². The van der Waals surface area contributed by atoms with E-state index in [1.807, 2.05) is 83.1 Å². The molecule has 3 atom stereocenters. The van der Waals surface area contributed by atoms with Crippen molar-refractivity contribution in [3.8, 4) is 0 Å². The number of benzene rings is 2. The summed E-state index contributed by atoms with van der Waals surface area (Å²) in [7, 11) is 0. The predicted octanol–water partition coefficient (Wildman–Crippen LogP) is 6.98. The lowest BCUT2D eigenvalue weighted by molar-refractivity contribution is -0.159. The number of hydrogen-bond acceptors (Lipinski definition) is 6. The molecule has 0 aliphatic carbocycles. The standard InChI is InChI=1S/C38H57N3O6/c1-12-13-21-41(34(43)30(22-25(2)3)40-36(45)47-38(9,10)11)32(29-20-19-26(4)23-27(29)5)33(42)39-31(35(44)46-37(6,7)8)24-28-17-15-14-16-18-28/h14-20,23,25,30-32H,12-13,21-22,24H2,1-11H3,(H,39,42)(H,40,45). The van der Waals surface area contributed by atoms with E-state index in [1.54, 1.807) is 46.4 Å². The Morgan fingerprint density at radius 3 is 1.98 bits per heavy atom. The number of carbonyl (C=O) groups excluding carboxylic acids is 4. The molecule has 0 heterocycles. The summed E-state index contributed by atoms with van der Waals surface area (Å²) in [6.07, 6.45) is 1.25. The van der Waals surface area contributed by atoms with Gasteiger partial charge in [-0.3, -0.25) is 9.59 Å². The minimum Gasteiger partial charge on any atom is -0.458 e. The quantitative estimate of drug-likeness (QED) is 0.213. The van der Waals surface area contributed by atoms with Gasteiger partial charge in [-0.1, -0.05) is 81.3 Å². The van der Waals surface area contributed by atoms with Crippen molar-refractivity contribution >= 4 is 23.9 Å². The van der Waals surface area contributed by atoms with Crippen molar-refractivity contribution in [2.75, 3.05) is 6.54 Å². The predicted molar refractivity (Wildman–Crippen MR) is 186 cm³/mol. The molecule has 9 nitrogen and oxygen atoms in total. The van der Waals surface area contributed by atoms with E-state index in [4.69, 9.17) is 9.47 Å². The van der Waals surface area contributed by atoms with Crippen molar-refractivity contribution in [2.45, 2.75) is 131 Å². The Kier molecular flexibility index (Phi) is 14.5. The number of amides is 3. The number of ether oxygens (including phenoxy) is 2. The van der Waals surface area contributed by atoms with Crippen LogP contribution in [0, 0.1) is 19.8 Å². The summed E-state index contributed by atoms with van der Waals surface area (Å²) in [4.78, 5) is 57.2. The van der Waals surface area contributed by atoms with Crippen LogP contribution in [0.5, 0.6) is 0 Å². The molecule has 0 radical (unpaired) electrons. The van der Waals surface area contributed by atoms with Gasteiger partial charge in [-0.2, -0.15) is 0 Å². The topological polar surface area (TPSA) is 114 Å². The summed E-state index contributed by atoms with van der Waals surface area (Å²) in [6, 6.07) is 12.1. The molecule has 0 spiro atoms. The molecule has 2 aromatic rings. The first kappa shape index (κ1) is 39.3. The third kappa shape index (κ3) is 13.4. The maximum Gasteiger partial charge on any atom is 0.408 e. The zero-order valence-corrected chi connectivity index (χ0v) is 30.4. The highest BCUT2D eigenvalue weighted by molar-refractivity contribution is 5.94. The number of nitrogens with zero attached hydrogens (tertiary/aromatic N) is 1. The Labute approximate surface area is 282 Å². The molecule has 0 saturated carbocycles. The van der Waals surface area contributed by atoms with Gasteiger partial charge in [0.05, 0.1) is 0 Å². The first-order valence-electron chi connectivity index (χ1n) is 16.8. The second-order valence-electron chi connectivity index (χ2n) is 14.8. The Bertz CT molecular complexity index is 1340. The molecule has 47 heavy (non-hydrogen) atoms. The number of rotatable bonds is 14. The molecule has 0 fully saturated rings. The van der Waals surface area contributed by atoms with Crippen molar-refractivity contribution in [3.63, 3.8) is 0 Å². The highest BCUT2D eigenvalue weighted by Gasteiger charge is 2.39. The number of hydrogen-bond donors (Lipinski definition) is 2. The number of nitrogens with one attached hydrogen (secondary N) is 2. The first-order chi connectivity index (χ1) is 21.8. The number of unbranched alkanes of at least 4 members (excludes halogenated alkanes) is 1. The van der Waals surface area contributed by atoms with Crippen LogP contribution in [0.4, 0.5) is 4.79 Å². The summed E-state index contributed by atoms with van der Waals surface area (Å²) in [5.74, 6) is -1.41. The molecule has 0 aliphatic heterocycles. The third-order valence-electron chi connectivity index (χ3n) is 7.30. The molecule has 0 aromatic heterocycles. The fraction of sp³-hybridized carbons (Fsp3) is 0.579. The summed E-state index contributed by atoms with van der Waals surface area (Å²) in [6.45, 7) is 20.7. The summed E-state index contributed by atoms with van der Waals surface area (Å²) in [5, 5.41) is 5.76. The van der Waals surface area contributed by atoms with Crippen LogP contribution in [0.2, 0.25) is 0 Å². The summed E-state index contributed by atoms with van der Waals surface area (Å²) >= 11 is 0. The van der Waals surface area contributed by atoms with E-state index < -0.39 is 53.2 Å². The van der Waals surface area contributed by atoms with Crippen LogP contribution in [0.15, 0.2) is 48.5 Å². The minimum absolute atomic E-state index is 0.0581. The second kappa shape index (κ2) is 17.3. The molecule has 2 N–H and O–H groups in total. The molecule has 2 rings (SSSR count). The van der Waals surface area contributed by atoms with E-state index in [0.29, 0.717) is 18.4 Å². The Morgan fingerprint density at radius 1 is 0.830 bits per heavy atom. The average Bonchev–Trinajstić information content (AvgIpc) is 2.93. The van der Waals surface area contributed by atoms with Crippen LogP contribution in [-0.4, -0.2) is 58.6 Å². The number of alkyl carbamates (subject to hydrolysis) is 1. The molecule has 3 amide bonds. The molecule has 260 valence electrons. The van der Waals surface area contributed by atoms with Crippen LogP contribution in [-0.2, 0) is 30.3 Å². The maximum absolute atomic E-state index is 14.6. The first-order valence-corrected chi connectivity index (χ1v) is 16.8. The van der Waals surface area contributed by atoms with Crippen molar-refractivity contribution in [2.24, 2.45) is 5.92 Å². The Morgan fingerprint density at radius 2 is 1.45 bits per heavy atom. The van der Waals surface area contributed by atoms with Gasteiger partial charge in [0, 0.05) is 13.0 Å². The molecule has 0 bridgehead atoms. The van der Waals surface area contributed by atoms with Gasteiger partial charge >= 0.3 is 12.1 Å². The second-order valence-corrected chi connectivity index (χ2v) is 14.8. The van der Waals surface area contributed by atoms with E-state index in [2.05, 4.69) is 10.6 Å². The molecule has 3 unspecified atom stereocenters. The van der Waals surface area contributed by atoms with E-state index in [0.717, 1.165) is 23.1 Å². The lowest BCUT2D eigenvalue weighted by atomic mass is 9.94. The lowest BCUT2D eigenvalue weighted by Crippen LogP contribution is -2.55. The highest BCUT2D eigenvalue weighted by Crippen LogP contribution is 2.28. The van der Waals surface area contributed by atoms with Gasteiger partial charge in [0.1, 0.15) is 29.3 Å². The molecular weight excluding hydrogens is 594 g/mol. The molecule has 0 saturated heterocycles. The third-order valence-corrected chi connectivity index (χ3v) is 7.30. The van der Waals surface area contributed by atoms with Gasteiger partial charge < -0.3 is 25.0 Å². The number of carbonyl (C=O) groups is 4. The maximum atomic E-state index is 14.6. The van der Waals surface area contributed by atoms with Crippen LogP contribution < -0.4 is 10.6 Å². The molecule has 0 aliphatic rings. The van der Waals surface area contributed by atoms with Crippen molar-refractivity contribution in [3.05, 3.63) is 70.8 Å². The van der Waals surface area contributed by atoms with E-state index >= 15 is 0 Å².